The normalized spacial score (nSPS) is 10.2. The quantitative estimate of drug-likeness (QED) is 0.892. The average Bonchev–Trinajstić information content (AvgIpc) is 2.78. The van der Waals surface area contributed by atoms with Crippen LogP contribution >= 0.6 is 11.6 Å². The van der Waals surface area contributed by atoms with Crippen LogP contribution in [0.1, 0.15) is 0 Å². The smallest absolute Gasteiger partial charge is 0.207 e. The van der Waals surface area contributed by atoms with Crippen molar-refractivity contribution in [1.82, 2.24) is 9.55 Å². The maximum Gasteiger partial charge on any atom is 0.207 e. The molecule has 0 aliphatic heterocycles. The lowest BCUT2D eigenvalue weighted by molar-refractivity contribution is 0.415. The van der Waals surface area contributed by atoms with Gasteiger partial charge in [0.05, 0.1) is 17.8 Å². The number of anilines is 1. The van der Waals surface area contributed by atoms with E-state index in [2.05, 4.69) is 10.3 Å². The molecule has 4 nitrogen and oxygen atoms in total. The van der Waals surface area contributed by atoms with Gasteiger partial charge in [0, 0.05) is 25.5 Å². The molecular formula is C11H12ClN3O. The zero-order chi connectivity index (χ0) is 11.5. The van der Waals surface area contributed by atoms with E-state index in [9.17, 15) is 0 Å². The van der Waals surface area contributed by atoms with Gasteiger partial charge in [-0.2, -0.15) is 0 Å². The highest BCUT2D eigenvalue weighted by molar-refractivity contribution is 6.32. The Morgan fingerprint density at radius 3 is 2.94 bits per heavy atom. The summed E-state index contributed by atoms with van der Waals surface area (Å²) in [5.41, 5.74) is 0.947. The molecule has 0 saturated heterocycles. The Balaban J connectivity index is 2.48. The minimum absolute atomic E-state index is 0.595. The highest BCUT2D eigenvalue weighted by Gasteiger charge is 2.06. The van der Waals surface area contributed by atoms with E-state index in [1.807, 2.05) is 29.9 Å². The number of hydrogen-bond acceptors (Lipinski definition) is 3. The zero-order valence-electron chi connectivity index (χ0n) is 9.07. The summed E-state index contributed by atoms with van der Waals surface area (Å²) in [6, 6.07) is 5.58. The van der Waals surface area contributed by atoms with Gasteiger partial charge in [-0.25, -0.2) is 4.98 Å². The van der Waals surface area contributed by atoms with Crippen LogP contribution in [0.3, 0.4) is 0 Å². The van der Waals surface area contributed by atoms with Crippen molar-refractivity contribution in [2.24, 2.45) is 0 Å². The average molecular weight is 238 g/mol. The Morgan fingerprint density at radius 2 is 2.25 bits per heavy atom. The summed E-state index contributed by atoms with van der Waals surface area (Å²) in [7, 11) is 3.42. The molecule has 0 aliphatic carbocycles. The maximum absolute atomic E-state index is 5.97. The van der Waals surface area contributed by atoms with E-state index in [0.717, 1.165) is 11.6 Å². The minimum atomic E-state index is 0.595. The molecule has 0 radical (unpaired) electrons. The number of imidazole rings is 1. The molecule has 2 rings (SSSR count). The number of hydrogen-bond donors (Lipinski definition) is 1. The van der Waals surface area contributed by atoms with E-state index in [1.54, 1.807) is 19.4 Å². The van der Waals surface area contributed by atoms with E-state index < -0.39 is 0 Å². The second-order valence-electron chi connectivity index (χ2n) is 3.19. The Morgan fingerprint density at radius 1 is 1.44 bits per heavy atom. The lowest BCUT2D eigenvalue weighted by atomic mass is 10.3. The number of nitrogens with one attached hydrogen (secondary N) is 1. The van der Waals surface area contributed by atoms with Crippen molar-refractivity contribution >= 4 is 17.5 Å². The van der Waals surface area contributed by atoms with Crippen molar-refractivity contribution in [1.29, 1.82) is 0 Å². The number of aromatic nitrogens is 2. The lowest BCUT2D eigenvalue weighted by Crippen LogP contribution is -2.00. The third-order valence-corrected chi connectivity index (χ3v) is 2.59. The molecule has 1 heterocycles. The molecule has 0 bridgehead atoms. The summed E-state index contributed by atoms with van der Waals surface area (Å²) in [5, 5.41) is 3.60. The zero-order valence-corrected chi connectivity index (χ0v) is 9.82. The van der Waals surface area contributed by atoms with Crippen molar-refractivity contribution in [2.45, 2.75) is 0 Å². The van der Waals surface area contributed by atoms with E-state index in [0.29, 0.717) is 10.8 Å². The molecular weight excluding hydrogens is 226 g/mol. The second-order valence-corrected chi connectivity index (χ2v) is 3.60. The van der Waals surface area contributed by atoms with Gasteiger partial charge in [0.15, 0.2) is 0 Å². The highest BCUT2D eigenvalue weighted by atomic mass is 35.5. The highest BCUT2D eigenvalue weighted by Crippen LogP contribution is 2.27. The summed E-state index contributed by atoms with van der Waals surface area (Å²) < 4.78 is 7.09. The van der Waals surface area contributed by atoms with Gasteiger partial charge >= 0.3 is 0 Å². The van der Waals surface area contributed by atoms with Crippen LogP contribution in [0, 0.1) is 0 Å². The molecule has 0 spiro atoms. The van der Waals surface area contributed by atoms with E-state index in [-0.39, 0.29) is 0 Å². The van der Waals surface area contributed by atoms with Gasteiger partial charge in [-0.15, -0.1) is 0 Å². The molecule has 84 valence electrons. The molecule has 5 heteroatoms. The first kappa shape index (κ1) is 10.8. The second kappa shape index (κ2) is 4.45. The van der Waals surface area contributed by atoms with E-state index in [4.69, 9.17) is 16.3 Å². The molecule has 16 heavy (non-hydrogen) atoms. The topological polar surface area (TPSA) is 39.1 Å². The number of nitrogens with zero attached hydrogens (tertiary/aromatic N) is 2. The number of benzene rings is 1. The van der Waals surface area contributed by atoms with E-state index >= 15 is 0 Å². The summed E-state index contributed by atoms with van der Waals surface area (Å²) in [4.78, 5) is 4.17. The molecule has 2 aromatic rings. The minimum Gasteiger partial charge on any atom is -0.495 e. The van der Waals surface area contributed by atoms with Crippen LogP contribution in [0.5, 0.6) is 5.75 Å². The molecule has 0 saturated carbocycles. The number of rotatable bonds is 3. The van der Waals surface area contributed by atoms with Crippen molar-refractivity contribution in [3.05, 3.63) is 35.6 Å². The predicted molar refractivity (Wildman–Crippen MR) is 64.7 cm³/mol. The molecule has 0 atom stereocenters. The third-order valence-electron chi connectivity index (χ3n) is 2.28. The first-order valence-electron chi connectivity index (χ1n) is 4.81. The fourth-order valence-corrected chi connectivity index (χ4v) is 1.69. The molecule has 1 N–H and O–H groups in total. The van der Waals surface area contributed by atoms with Crippen molar-refractivity contribution in [3.8, 4) is 11.4 Å². The van der Waals surface area contributed by atoms with Gasteiger partial charge in [0.25, 0.3) is 0 Å². The van der Waals surface area contributed by atoms with Crippen LogP contribution in [0.15, 0.2) is 30.6 Å². The summed E-state index contributed by atoms with van der Waals surface area (Å²) in [6.45, 7) is 0. The van der Waals surface area contributed by atoms with Crippen molar-refractivity contribution in [2.75, 3.05) is 19.5 Å². The van der Waals surface area contributed by atoms with Crippen LogP contribution in [-0.4, -0.2) is 23.7 Å². The summed E-state index contributed by atoms with van der Waals surface area (Å²) in [6.07, 6.45) is 3.60. The predicted octanol–water partition coefficient (Wildman–Crippen LogP) is 2.58. The standard InChI is InChI=1S/C11H12ClN3O/c1-13-11-14-5-6-15(11)8-3-4-9(12)10(7-8)16-2/h3-7H,1-2H3,(H,13,14). The molecule has 0 fully saturated rings. The van der Waals surface area contributed by atoms with Crippen molar-refractivity contribution < 1.29 is 4.74 Å². The van der Waals surface area contributed by atoms with Gasteiger partial charge in [0.1, 0.15) is 5.75 Å². The monoisotopic (exact) mass is 237 g/mol. The third kappa shape index (κ3) is 1.84. The Hall–Kier alpha value is -1.68. The Labute approximate surface area is 98.8 Å². The van der Waals surface area contributed by atoms with E-state index in [1.165, 1.54) is 0 Å². The summed E-state index contributed by atoms with van der Waals surface area (Å²) >= 11 is 5.97. The van der Waals surface area contributed by atoms with Crippen LogP contribution in [0.25, 0.3) is 5.69 Å². The Kier molecular flexibility index (Phi) is 3.01. The van der Waals surface area contributed by atoms with Gasteiger partial charge < -0.3 is 10.1 Å². The molecule has 0 unspecified atom stereocenters. The van der Waals surface area contributed by atoms with Crippen molar-refractivity contribution in [3.63, 3.8) is 0 Å². The SMILES string of the molecule is CNc1nccn1-c1ccc(Cl)c(OC)c1. The maximum atomic E-state index is 5.97. The number of methoxy groups -OCH3 is 1. The van der Waals surface area contributed by atoms with Gasteiger partial charge in [0.2, 0.25) is 5.95 Å². The lowest BCUT2D eigenvalue weighted by Gasteiger charge is -2.09. The van der Waals surface area contributed by atoms with Gasteiger partial charge in [-0.05, 0) is 12.1 Å². The van der Waals surface area contributed by atoms with Crippen LogP contribution in [0.2, 0.25) is 5.02 Å². The first-order chi connectivity index (χ1) is 7.76. The van der Waals surface area contributed by atoms with Gasteiger partial charge in [-0.1, -0.05) is 11.6 Å². The van der Waals surface area contributed by atoms with Crippen LogP contribution in [-0.2, 0) is 0 Å². The molecule has 0 aliphatic rings. The van der Waals surface area contributed by atoms with Crippen LogP contribution < -0.4 is 10.1 Å². The largest absolute Gasteiger partial charge is 0.495 e. The van der Waals surface area contributed by atoms with Gasteiger partial charge in [-0.3, -0.25) is 4.57 Å². The Bertz CT molecular complexity index is 496. The van der Waals surface area contributed by atoms with Crippen LogP contribution in [0.4, 0.5) is 5.95 Å². The fraction of sp³-hybridized carbons (Fsp3) is 0.182. The molecule has 0 amide bonds. The number of halogens is 1. The molecule has 1 aromatic heterocycles. The first-order valence-corrected chi connectivity index (χ1v) is 5.19. The summed E-state index contributed by atoms with van der Waals surface area (Å²) in [5.74, 6) is 1.42. The molecule has 1 aromatic carbocycles. The fourth-order valence-electron chi connectivity index (χ4n) is 1.50. The number of ether oxygens (including phenoxy) is 1.